The molecule has 6 heteroatoms. The first-order valence-corrected chi connectivity index (χ1v) is 6.54. The SMILES string of the molecule is O=C(O)c1cn(-c2ccccn2)nc1-c1ccccc1Cl. The van der Waals surface area contributed by atoms with Crippen LogP contribution in [0.25, 0.3) is 17.1 Å². The number of halogens is 1. The first-order chi connectivity index (χ1) is 10.2. The highest BCUT2D eigenvalue weighted by atomic mass is 35.5. The molecule has 0 aliphatic heterocycles. The molecule has 0 radical (unpaired) electrons. The van der Waals surface area contributed by atoms with Gasteiger partial charge in [-0.3, -0.25) is 0 Å². The Kier molecular flexibility index (Phi) is 3.41. The van der Waals surface area contributed by atoms with Gasteiger partial charge in [0.1, 0.15) is 11.3 Å². The second-order valence-electron chi connectivity index (χ2n) is 4.31. The average molecular weight is 300 g/mol. The molecule has 0 amide bonds. The zero-order valence-electron chi connectivity index (χ0n) is 10.8. The monoisotopic (exact) mass is 299 g/mol. The molecule has 21 heavy (non-hydrogen) atoms. The van der Waals surface area contributed by atoms with Crippen molar-refractivity contribution in [3.05, 3.63) is 65.4 Å². The second-order valence-corrected chi connectivity index (χ2v) is 4.72. The number of pyridine rings is 1. The van der Waals surface area contributed by atoms with Crippen LogP contribution in [0.15, 0.2) is 54.9 Å². The molecule has 104 valence electrons. The summed E-state index contributed by atoms with van der Waals surface area (Å²) >= 11 is 6.13. The van der Waals surface area contributed by atoms with Crippen LogP contribution >= 0.6 is 11.6 Å². The summed E-state index contributed by atoms with van der Waals surface area (Å²) in [4.78, 5) is 15.6. The summed E-state index contributed by atoms with van der Waals surface area (Å²) in [5.41, 5.74) is 0.971. The smallest absolute Gasteiger partial charge is 0.339 e. The topological polar surface area (TPSA) is 68.0 Å². The van der Waals surface area contributed by atoms with Gasteiger partial charge in [0, 0.05) is 18.0 Å². The van der Waals surface area contributed by atoms with Crippen molar-refractivity contribution in [2.45, 2.75) is 0 Å². The fourth-order valence-corrected chi connectivity index (χ4v) is 2.21. The van der Waals surface area contributed by atoms with Crippen molar-refractivity contribution >= 4 is 17.6 Å². The van der Waals surface area contributed by atoms with Crippen molar-refractivity contribution in [3.63, 3.8) is 0 Å². The van der Waals surface area contributed by atoms with Crippen LogP contribution in [0.3, 0.4) is 0 Å². The molecule has 0 bridgehead atoms. The largest absolute Gasteiger partial charge is 0.478 e. The van der Waals surface area contributed by atoms with E-state index in [1.165, 1.54) is 10.9 Å². The van der Waals surface area contributed by atoms with Gasteiger partial charge in [-0.2, -0.15) is 5.10 Å². The number of hydrogen-bond donors (Lipinski definition) is 1. The lowest BCUT2D eigenvalue weighted by Crippen LogP contribution is -1.97. The molecule has 0 saturated heterocycles. The number of carbonyl (C=O) groups is 1. The average Bonchev–Trinajstić information content (AvgIpc) is 2.94. The minimum Gasteiger partial charge on any atom is -0.478 e. The van der Waals surface area contributed by atoms with Gasteiger partial charge >= 0.3 is 5.97 Å². The predicted octanol–water partition coefficient (Wildman–Crippen LogP) is 3.29. The normalized spacial score (nSPS) is 10.5. The zero-order chi connectivity index (χ0) is 14.8. The summed E-state index contributed by atoms with van der Waals surface area (Å²) in [5, 5.41) is 14.1. The lowest BCUT2D eigenvalue weighted by Gasteiger charge is -2.01. The molecule has 2 aromatic heterocycles. The third kappa shape index (κ3) is 2.51. The maximum Gasteiger partial charge on any atom is 0.339 e. The Bertz CT molecular complexity index is 800. The molecular weight excluding hydrogens is 290 g/mol. The number of aromatic nitrogens is 3. The van der Waals surface area contributed by atoms with Crippen LogP contribution < -0.4 is 0 Å². The highest BCUT2D eigenvalue weighted by Gasteiger charge is 2.19. The lowest BCUT2D eigenvalue weighted by atomic mass is 10.1. The third-order valence-electron chi connectivity index (χ3n) is 2.96. The number of hydrogen-bond acceptors (Lipinski definition) is 3. The van der Waals surface area contributed by atoms with E-state index in [0.29, 0.717) is 22.1 Å². The van der Waals surface area contributed by atoms with Crippen LogP contribution in [0.2, 0.25) is 5.02 Å². The Labute approximate surface area is 125 Å². The van der Waals surface area contributed by atoms with Gasteiger partial charge in [0.2, 0.25) is 0 Å². The number of aromatic carboxylic acids is 1. The highest BCUT2D eigenvalue weighted by molar-refractivity contribution is 6.33. The van der Waals surface area contributed by atoms with Crippen molar-refractivity contribution in [2.75, 3.05) is 0 Å². The number of rotatable bonds is 3. The first-order valence-electron chi connectivity index (χ1n) is 6.16. The Morgan fingerprint density at radius 2 is 1.90 bits per heavy atom. The fraction of sp³-hybridized carbons (Fsp3) is 0. The van der Waals surface area contributed by atoms with Gasteiger partial charge in [-0.05, 0) is 18.2 Å². The molecule has 3 aromatic rings. The molecule has 3 rings (SSSR count). The Hall–Kier alpha value is -2.66. The van der Waals surface area contributed by atoms with Crippen molar-refractivity contribution in [2.24, 2.45) is 0 Å². The van der Waals surface area contributed by atoms with Crippen LogP contribution in [0.1, 0.15) is 10.4 Å². The molecule has 0 saturated carbocycles. The minimum absolute atomic E-state index is 0.0775. The van der Waals surface area contributed by atoms with E-state index < -0.39 is 5.97 Å². The summed E-state index contributed by atoms with van der Waals surface area (Å²) < 4.78 is 1.43. The number of benzene rings is 1. The lowest BCUT2D eigenvalue weighted by molar-refractivity contribution is 0.0697. The van der Waals surface area contributed by atoms with E-state index in [0.717, 1.165) is 0 Å². The number of carboxylic acids is 1. The Balaban J connectivity index is 2.19. The van der Waals surface area contributed by atoms with Gasteiger partial charge in [-0.25, -0.2) is 14.5 Å². The van der Waals surface area contributed by atoms with Crippen molar-refractivity contribution in [1.29, 1.82) is 0 Å². The van der Waals surface area contributed by atoms with E-state index in [4.69, 9.17) is 11.6 Å². The summed E-state index contributed by atoms with van der Waals surface area (Å²) in [7, 11) is 0. The predicted molar refractivity (Wildman–Crippen MR) is 78.8 cm³/mol. The quantitative estimate of drug-likeness (QED) is 0.806. The van der Waals surface area contributed by atoms with E-state index in [9.17, 15) is 9.90 Å². The molecule has 1 aromatic carbocycles. The third-order valence-corrected chi connectivity index (χ3v) is 3.29. The van der Waals surface area contributed by atoms with E-state index in [1.807, 2.05) is 0 Å². The van der Waals surface area contributed by atoms with Crippen molar-refractivity contribution in [1.82, 2.24) is 14.8 Å². The van der Waals surface area contributed by atoms with E-state index >= 15 is 0 Å². The van der Waals surface area contributed by atoms with Gasteiger partial charge in [0.05, 0.1) is 5.02 Å². The number of nitrogens with zero attached hydrogens (tertiary/aromatic N) is 3. The molecule has 0 spiro atoms. The zero-order valence-corrected chi connectivity index (χ0v) is 11.5. The molecule has 1 N–H and O–H groups in total. The minimum atomic E-state index is -1.06. The van der Waals surface area contributed by atoms with Gasteiger partial charge in [0.15, 0.2) is 5.82 Å². The fourth-order valence-electron chi connectivity index (χ4n) is 1.99. The second kappa shape index (κ2) is 5.38. The number of carboxylic acid groups (broad SMARTS) is 1. The van der Waals surface area contributed by atoms with Gasteiger partial charge in [-0.1, -0.05) is 35.9 Å². The van der Waals surface area contributed by atoms with Crippen molar-refractivity contribution < 1.29 is 9.90 Å². The summed E-state index contributed by atoms with van der Waals surface area (Å²) in [5.74, 6) is -0.523. The molecule has 5 nitrogen and oxygen atoms in total. The van der Waals surface area contributed by atoms with Crippen molar-refractivity contribution in [3.8, 4) is 17.1 Å². The van der Waals surface area contributed by atoms with Crippen LogP contribution in [0, 0.1) is 0 Å². The molecule has 2 heterocycles. The summed E-state index contributed by atoms with van der Waals surface area (Å²) in [6.45, 7) is 0. The van der Waals surface area contributed by atoms with Crippen LogP contribution in [-0.4, -0.2) is 25.8 Å². The highest BCUT2D eigenvalue weighted by Crippen LogP contribution is 2.29. The van der Waals surface area contributed by atoms with E-state index in [2.05, 4.69) is 10.1 Å². The molecule has 0 aliphatic rings. The Morgan fingerprint density at radius 1 is 1.14 bits per heavy atom. The Morgan fingerprint density at radius 3 is 2.57 bits per heavy atom. The molecular formula is C15H10ClN3O2. The maximum atomic E-state index is 11.4. The van der Waals surface area contributed by atoms with Gasteiger partial charge in [-0.15, -0.1) is 0 Å². The molecule has 0 atom stereocenters. The maximum absolute atomic E-state index is 11.4. The molecule has 0 aliphatic carbocycles. The van der Waals surface area contributed by atoms with Crippen LogP contribution in [0.4, 0.5) is 0 Å². The van der Waals surface area contributed by atoms with Crippen LogP contribution in [0.5, 0.6) is 0 Å². The van der Waals surface area contributed by atoms with E-state index in [-0.39, 0.29) is 5.56 Å². The standard InChI is InChI=1S/C15H10ClN3O2/c16-12-6-2-1-5-10(12)14-11(15(20)21)9-19(18-14)13-7-3-4-8-17-13/h1-9H,(H,20,21). The molecule has 0 fully saturated rings. The van der Waals surface area contributed by atoms with Gasteiger partial charge < -0.3 is 5.11 Å². The summed E-state index contributed by atoms with van der Waals surface area (Å²) in [6.07, 6.45) is 3.05. The molecule has 0 unspecified atom stereocenters. The summed E-state index contributed by atoms with van der Waals surface area (Å²) in [6, 6.07) is 12.3. The van der Waals surface area contributed by atoms with E-state index in [1.54, 1.807) is 48.7 Å². The first kappa shape index (κ1) is 13.3. The van der Waals surface area contributed by atoms with Crippen LogP contribution in [-0.2, 0) is 0 Å². The van der Waals surface area contributed by atoms with Gasteiger partial charge in [0.25, 0.3) is 0 Å².